The van der Waals surface area contributed by atoms with Crippen molar-refractivity contribution in [2.45, 2.75) is 39.7 Å². The fourth-order valence-electron chi connectivity index (χ4n) is 1.80. The zero-order valence-corrected chi connectivity index (χ0v) is 8.71. The Labute approximate surface area is 79.7 Å². The summed E-state index contributed by atoms with van der Waals surface area (Å²) in [6, 6.07) is 0.554. The monoisotopic (exact) mass is 185 g/mol. The Morgan fingerprint density at radius 3 is 2.62 bits per heavy atom. The molecule has 0 spiro atoms. The molecule has 13 heavy (non-hydrogen) atoms. The van der Waals surface area contributed by atoms with Gasteiger partial charge in [-0.2, -0.15) is 0 Å². The Hall–Kier alpha value is -0.570. The number of aliphatic carboxylic acids is 1. The third kappa shape index (κ3) is 2.44. The van der Waals surface area contributed by atoms with E-state index in [0.29, 0.717) is 12.6 Å². The van der Waals surface area contributed by atoms with Gasteiger partial charge in [-0.25, -0.2) is 0 Å². The predicted molar refractivity (Wildman–Crippen MR) is 51.7 cm³/mol. The molecule has 1 atom stereocenters. The summed E-state index contributed by atoms with van der Waals surface area (Å²) in [6.07, 6.45) is 2.41. The molecule has 0 aliphatic carbocycles. The van der Waals surface area contributed by atoms with Crippen molar-refractivity contribution in [2.24, 2.45) is 5.41 Å². The van der Waals surface area contributed by atoms with E-state index in [1.165, 1.54) is 12.8 Å². The van der Waals surface area contributed by atoms with E-state index in [1.54, 1.807) is 13.8 Å². The van der Waals surface area contributed by atoms with Crippen molar-refractivity contribution in [3.8, 4) is 0 Å². The average molecular weight is 185 g/mol. The standard InChI is InChI=1S/C10H19NO2/c1-8-5-4-6-11(8)7-10(2,3)9(12)13/h8H,4-7H2,1-3H3,(H,12,13). The zero-order valence-electron chi connectivity index (χ0n) is 8.71. The van der Waals surface area contributed by atoms with Crippen LogP contribution in [0.2, 0.25) is 0 Å². The lowest BCUT2D eigenvalue weighted by Crippen LogP contribution is -2.40. The van der Waals surface area contributed by atoms with Gasteiger partial charge in [0, 0.05) is 12.6 Å². The van der Waals surface area contributed by atoms with E-state index in [9.17, 15) is 4.79 Å². The molecule has 1 unspecified atom stereocenters. The Morgan fingerprint density at radius 2 is 2.23 bits per heavy atom. The first kappa shape index (κ1) is 10.5. The van der Waals surface area contributed by atoms with Gasteiger partial charge >= 0.3 is 5.97 Å². The molecule has 1 heterocycles. The molecule has 1 aliphatic rings. The summed E-state index contributed by atoms with van der Waals surface area (Å²) in [5, 5.41) is 8.96. The molecule has 3 heteroatoms. The largest absolute Gasteiger partial charge is 0.481 e. The van der Waals surface area contributed by atoms with Gasteiger partial charge < -0.3 is 5.11 Å². The number of carboxylic acid groups (broad SMARTS) is 1. The molecule has 1 N–H and O–H groups in total. The molecule has 1 aliphatic heterocycles. The minimum Gasteiger partial charge on any atom is -0.481 e. The first-order valence-corrected chi connectivity index (χ1v) is 4.91. The van der Waals surface area contributed by atoms with E-state index >= 15 is 0 Å². The molecule has 0 aromatic carbocycles. The molecule has 0 radical (unpaired) electrons. The second-order valence-electron chi connectivity index (χ2n) is 4.65. The quantitative estimate of drug-likeness (QED) is 0.725. The highest BCUT2D eigenvalue weighted by Crippen LogP contribution is 2.23. The van der Waals surface area contributed by atoms with Crippen molar-refractivity contribution in [3.63, 3.8) is 0 Å². The Morgan fingerprint density at radius 1 is 1.62 bits per heavy atom. The molecule has 1 saturated heterocycles. The second kappa shape index (κ2) is 3.66. The van der Waals surface area contributed by atoms with Crippen LogP contribution in [0.1, 0.15) is 33.6 Å². The molecular weight excluding hydrogens is 166 g/mol. The number of hydrogen-bond acceptors (Lipinski definition) is 2. The lowest BCUT2D eigenvalue weighted by molar-refractivity contribution is -0.148. The normalized spacial score (nSPS) is 25.0. The molecule has 1 fully saturated rings. The minimum absolute atomic E-state index is 0.554. The van der Waals surface area contributed by atoms with Crippen LogP contribution >= 0.6 is 0 Å². The Bertz CT molecular complexity index is 201. The van der Waals surface area contributed by atoms with Gasteiger partial charge in [-0.15, -0.1) is 0 Å². The molecule has 0 bridgehead atoms. The van der Waals surface area contributed by atoms with Crippen LogP contribution in [0, 0.1) is 5.41 Å². The third-order valence-corrected chi connectivity index (χ3v) is 2.87. The molecule has 76 valence electrons. The average Bonchev–Trinajstić information content (AvgIpc) is 2.35. The summed E-state index contributed by atoms with van der Waals surface area (Å²) in [6.45, 7) is 7.48. The molecule has 3 nitrogen and oxygen atoms in total. The van der Waals surface area contributed by atoms with E-state index in [0.717, 1.165) is 6.54 Å². The number of rotatable bonds is 3. The number of nitrogens with zero attached hydrogens (tertiary/aromatic N) is 1. The van der Waals surface area contributed by atoms with Gasteiger partial charge in [0.05, 0.1) is 5.41 Å². The second-order valence-corrected chi connectivity index (χ2v) is 4.65. The summed E-state index contributed by atoms with van der Waals surface area (Å²) in [5.41, 5.74) is -0.612. The van der Waals surface area contributed by atoms with E-state index < -0.39 is 11.4 Å². The van der Waals surface area contributed by atoms with Crippen LogP contribution in [-0.2, 0) is 4.79 Å². The lowest BCUT2D eigenvalue weighted by atomic mass is 9.93. The Kier molecular flexibility index (Phi) is 2.96. The molecule has 0 aromatic rings. The smallest absolute Gasteiger partial charge is 0.310 e. The maximum absolute atomic E-state index is 10.9. The maximum Gasteiger partial charge on any atom is 0.310 e. The van der Waals surface area contributed by atoms with Crippen LogP contribution in [0.5, 0.6) is 0 Å². The summed E-state index contributed by atoms with van der Waals surface area (Å²) in [7, 11) is 0. The number of hydrogen-bond donors (Lipinski definition) is 1. The van der Waals surface area contributed by atoms with Gasteiger partial charge in [0.15, 0.2) is 0 Å². The van der Waals surface area contributed by atoms with Gasteiger partial charge in [0.2, 0.25) is 0 Å². The van der Waals surface area contributed by atoms with Crippen molar-refractivity contribution in [2.75, 3.05) is 13.1 Å². The van der Waals surface area contributed by atoms with Gasteiger partial charge in [0.25, 0.3) is 0 Å². The highest BCUT2D eigenvalue weighted by atomic mass is 16.4. The van der Waals surface area contributed by atoms with Crippen LogP contribution in [0.15, 0.2) is 0 Å². The fourth-order valence-corrected chi connectivity index (χ4v) is 1.80. The topological polar surface area (TPSA) is 40.5 Å². The first-order valence-electron chi connectivity index (χ1n) is 4.91. The number of carbonyl (C=O) groups is 1. The molecular formula is C10H19NO2. The van der Waals surface area contributed by atoms with Gasteiger partial charge in [-0.05, 0) is 40.2 Å². The summed E-state index contributed by atoms with van der Waals surface area (Å²) < 4.78 is 0. The summed E-state index contributed by atoms with van der Waals surface area (Å²) in [5.74, 6) is -0.702. The van der Waals surface area contributed by atoms with E-state index in [4.69, 9.17) is 5.11 Å². The third-order valence-electron chi connectivity index (χ3n) is 2.87. The minimum atomic E-state index is -0.702. The van der Waals surface area contributed by atoms with Gasteiger partial charge in [-0.3, -0.25) is 9.69 Å². The number of likely N-dealkylation sites (tertiary alicyclic amines) is 1. The number of carboxylic acids is 1. The Balaban J connectivity index is 2.52. The van der Waals surface area contributed by atoms with Crippen LogP contribution in [0.25, 0.3) is 0 Å². The van der Waals surface area contributed by atoms with E-state index in [1.807, 2.05) is 0 Å². The predicted octanol–water partition coefficient (Wildman–Crippen LogP) is 1.58. The van der Waals surface area contributed by atoms with Gasteiger partial charge in [-0.1, -0.05) is 0 Å². The van der Waals surface area contributed by atoms with Crippen LogP contribution in [-0.4, -0.2) is 35.1 Å². The highest BCUT2D eigenvalue weighted by Gasteiger charge is 2.32. The van der Waals surface area contributed by atoms with Crippen LogP contribution in [0.3, 0.4) is 0 Å². The lowest BCUT2D eigenvalue weighted by Gasteiger charge is -2.29. The molecule has 0 saturated carbocycles. The van der Waals surface area contributed by atoms with Crippen molar-refractivity contribution < 1.29 is 9.90 Å². The van der Waals surface area contributed by atoms with Crippen LogP contribution < -0.4 is 0 Å². The van der Waals surface area contributed by atoms with Crippen molar-refractivity contribution in [1.29, 1.82) is 0 Å². The molecule has 0 aromatic heterocycles. The summed E-state index contributed by atoms with van der Waals surface area (Å²) in [4.78, 5) is 13.2. The highest BCUT2D eigenvalue weighted by molar-refractivity contribution is 5.73. The zero-order chi connectivity index (χ0) is 10.1. The molecule has 0 amide bonds. The van der Waals surface area contributed by atoms with Gasteiger partial charge in [0.1, 0.15) is 0 Å². The maximum atomic E-state index is 10.9. The fraction of sp³-hybridized carbons (Fsp3) is 0.900. The van der Waals surface area contributed by atoms with Crippen molar-refractivity contribution >= 4 is 5.97 Å². The molecule has 1 rings (SSSR count). The van der Waals surface area contributed by atoms with Crippen molar-refractivity contribution in [1.82, 2.24) is 4.90 Å². The van der Waals surface area contributed by atoms with Crippen molar-refractivity contribution in [3.05, 3.63) is 0 Å². The SMILES string of the molecule is CC1CCCN1CC(C)(C)C(=O)O. The van der Waals surface area contributed by atoms with E-state index in [2.05, 4.69) is 11.8 Å². The first-order chi connectivity index (χ1) is 5.93. The van der Waals surface area contributed by atoms with Crippen LogP contribution in [0.4, 0.5) is 0 Å². The van der Waals surface area contributed by atoms with E-state index in [-0.39, 0.29) is 0 Å². The summed E-state index contributed by atoms with van der Waals surface area (Å²) >= 11 is 0.